The van der Waals surface area contributed by atoms with Crippen molar-refractivity contribution >= 4 is 10.0 Å². The van der Waals surface area contributed by atoms with Gasteiger partial charge in [0, 0.05) is 25.7 Å². The number of morpholine rings is 1. The molecular weight excluding hydrogens is 336 g/mol. The average Bonchev–Trinajstić information content (AvgIpc) is 2.65. The molecular formula is C19H24N2O3S. The quantitative estimate of drug-likeness (QED) is 0.859. The van der Waals surface area contributed by atoms with Crippen molar-refractivity contribution in [3.05, 3.63) is 65.7 Å². The summed E-state index contributed by atoms with van der Waals surface area (Å²) in [4.78, 5) is 2.57. The van der Waals surface area contributed by atoms with Gasteiger partial charge in [-0.2, -0.15) is 0 Å². The van der Waals surface area contributed by atoms with Crippen molar-refractivity contribution in [2.75, 3.05) is 32.8 Å². The Bertz CT molecular complexity index is 770. The Morgan fingerprint density at radius 2 is 1.68 bits per heavy atom. The molecule has 1 N–H and O–H groups in total. The molecule has 0 saturated carbocycles. The zero-order valence-electron chi connectivity index (χ0n) is 14.4. The Morgan fingerprint density at radius 3 is 2.32 bits per heavy atom. The van der Waals surface area contributed by atoms with Crippen LogP contribution in [0.1, 0.15) is 17.2 Å². The van der Waals surface area contributed by atoms with Crippen LogP contribution in [0.3, 0.4) is 0 Å². The molecule has 1 fully saturated rings. The van der Waals surface area contributed by atoms with Crippen molar-refractivity contribution in [2.45, 2.75) is 17.9 Å². The number of nitrogens with one attached hydrogen (secondary N) is 1. The molecule has 6 heteroatoms. The van der Waals surface area contributed by atoms with Crippen LogP contribution in [-0.2, 0) is 14.8 Å². The molecule has 25 heavy (non-hydrogen) atoms. The SMILES string of the molecule is Cc1ccc(C(CNS(=O)(=O)c2ccccc2)N2CCOCC2)cc1. The van der Waals surface area contributed by atoms with Crippen molar-refractivity contribution in [3.8, 4) is 0 Å². The van der Waals surface area contributed by atoms with Gasteiger partial charge in [0.15, 0.2) is 0 Å². The molecule has 1 heterocycles. The van der Waals surface area contributed by atoms with Crippen molar-refractivity contribution in [1.82, 2.24) is 9.62 Å². The van der Waals surface area contributed by atoms with Crippen LogP contribution in [0.15, 0.2) is 59.5 Å². The van der Waals surface area contributed by atoms with E-state index < -0.39 is 10.0 Å². The fraction of sp³-hybridized carbons (Fsp3) is 0.368. The lowest BCUT2D eigenvalue weighted by Gasteiger charge is -2.35. The standard InChI is InChI=1S/C19H24N2O3S/c1-16-7-9-17(10-8-16)19(21-11-13-24-14-12-21)15-20-25(22,23)18-5-3-2-4-6-18/h2-10,19-20H,11-15H2,1H3. The summed E-state index contributed by atoms with van der Waals surface area (Å²) in [6, 6.07) is 16.8. The average molecular weight is 360 g/mol. The molecule has 1 unspecified atom stereocenters. The number of benzene rings is 2. The second-order valence-corrected chi connectivity index (χ2v) is 8.01. The summed E-state index contributed by atoms with van der Waals surface area (Å²) in [6.07, 6.45) is 0. The fourth-order valence-electron chi connectivity index (χ4n) is 3.01. The minimum Gasteiger partial charge on any atom is -0.379 e. The number of hydrogen-bond acceptors (Lipinski definition) is 4. The van der Waals surface area contributed by atoms with Gasteiger partial charge in [0.25, 0.3) is 0 Å². The number of ether oxygens (including phenoxy) is 1. The van der Waals surface area contributed by atoms with Crippen LogP contribution in [0.5, 0.6) is 0 Å². The van der Waals surface area contributed by atoms with Gasteiger partial charge >= 0.3 is 0 Å². The molecule has 0 radical (unpaired) electrons. The smallest absolute Gasteiger partial charge is 0.240 e. The van der Waals surface area contributed by atoms with Gasteiger partial charge in [0.2, 0.25) is 10.0 Å². The van der Waals surface area contributed by atoms with E-state index in [1.54, 1.807) is 24.3 Å². The highest BCUT2D eigenvalue weighted by molar-refractivity contribution is 7.89. The van der Waals surface area contributed by atoms with Crippen LogP contribution in [0.4, 0.5) is 0 Å². The van der Waals surface area contributed by atoms with E-state index in [1.165, 1.54) is 5.56 Å². The highest BCUT2D eigenvalue weighted by Gasteiger charge is 2.25. The third-order valence-electron chi connectivity index (χ3n) is 4.47. The van der Waals surface area contributed by atoms with E-state index in [2.05, 4.69) is 33.9 Å². The van der Waals surface area contributed by atoms with Crippen molar-refractivity contribution in [1.29, 1.82) is 0 Å². The van der Waals surface area contributed by atoms with E-state index in [0.717, 1.165) is 18.7 Å². The molecule has 3 rings (SSSR count). The second-order valence-electron chi connectivity index (χ2n) is 6.24. The molecule has 5 nitrogen and oxygen atoms in total. The summed E-state index contributed by atoms with van der Waals surface area (Å²) in [7, 11) is -3.52. The first-order valence-electron chi connectivity index (χ1n) is 8.49. The minimum atomic E-state index is -3.52. The van der Waals surface area contributed by atoms with E-state index in [0.29, 0.717) is 24.7 Å². The second kappa shape index (κ2) is 8.10. The fourth-order valence-corrected chi connectivity index (χ4v) is 4.07. The highest BCUT2D eigenvalue weighted by Crippen LogP contribution is 2.22. The highest BCUT2D eigenvalue weighted by atomic mass is 32.2. The number of sulfonamides is 1. The first-order chi connectivity index (χ1) is 12.1. The molecule has 2 aromatic carbocycles. The van der Waals surface area contributed by atoms with Crippen LogP contribution >= 0.6 is 0 Å². The maximum atomic E-state index is 12.6. The van der Waals surface area contributed by atoms with Crippen LogP contribution in [0.25, 0.3) is 0 Å². The number of rotatable bonds is 6. The lowest BCUT2D eigenvalue weighted by molar-refractivity contribution is 0.0172. The molecule has 0 aromatic heterocycles. The molecule has 1 saturated heterocycles. The van der Waals surface area contributed by atoms with Crippen LogP contribution in [0.2, 0.25) is 0 Å². The Labute approximate surface area is 149 Å². The van der Waals surface area contributed by atoms with E-state index in [9.17, 15) is 8.42 Å². The molecule has 1 aliphatic rings. The molecule has 134 valence electrons. The predicted octanol–water partition coefficient (Wildman–Crippen LogP) is 2.35. The van der Waals surface area contributed by atoms with Crippen LogP contribution in [0, 0.1) is 6.92 Å². The molecule has 0 aliphatic carbocycles. The molecule has 0 bridgehead atoms. The Kier molecular flexibility index (Phi) is 5.86. The Balaban J connectivity index is 1.79. The Morgan fingerprint density at radius 1 is 1.04 bits per heavy atom. The summed E-state index contributed by atoms with van der Waals surface area (Å²) < 4.78 is 33.3. The van der Waals surface area contributed by atoms with Gasteiger partial charge in [0.1, 0.15) is 0 Å². The van der Waals surface area contributed by atoms with E-state index in [4.69, 9.17) is 4.74 Å². The van der Waals surface area contributed by atoms with Gasteiger partial charge in [-0.25, -0.2) is 13.1 Å². The summed E-state index contributed by atoms with van der Waals surface area (Å²) >= 11 is 0. The van der Waals surface area contributed by atoms with Crippen LogP contribution < -0.4 is 4.72 Å². The number of hydrogen-bond donors (Lipinski definition) is 1. The summed E-state index contributed by atoms with van der Waals surface area (Å²) in [5.74, 6) is 0. The maximum absolute atomic E-state index is 12.6. The first kappa shape index (κ1) is 18.1. The van der Waals surface area contributed by atoms with E-state index in [1.807, 2.05) is 13.0 Å². The zero-order chi connectivity index (χ0) is 17.7. The molecule has 1 aliphatic heterocycles. The van der Waals surface area contributed by atoms with Crippen molar-refractivity contribution < 1.29 is 13.2 Å². The molecule has 1 atom stereocenters. The molecule has 2 aromatic rings. The summed E-state index contributed by atoms with van der Waals surface area (Å²) in [5.41, 5.74) is 2.30. The monoisotopic (exact) mass is 360 g/mol. The van der Waals surface area contributed by atoms with E-state index in [-0.39, 0.29) is 6.04 Å². The topological polar surface area (TPSA) is 58.6 Å². The van der Waals surface area contributed by atoms with Crippen molar-refractivity contribution in [3.63, 3.8) is 0 Å². The van der Waals surface area contributed by atoms with Gasteiger partial charge in [-0.15, -0.1) is 0 Å². The lowest BCUT2D eigenvalue weighted by atomic mass is 10.0. The Hall–Kier alpha value is -1.73. The van der Waals surface area contributed by atoms with Crippen molar-refractivity contribution in [2.24, 2.45) is 0 Å². The molecule has 0 amide bonds. The lowest BCUT2D eigenvalue weighted by Crippen LogP contribution is -2.43. The van der Waals surface area contributed by atoms with Gasteiger partial charge in [-0.1, -0.05) is 48.0 Å². The van der Waals surface area contributed by atoms with Crippen LogP contribution in [-0.4, -0.2) is 46.2 Å². The van der Waals surface area contributed by atoms with Gasteiger partial charge in [-0.05, 0) is 24.6 Å². The predicted molar refractivity (Wildman–Crippen MR) is 97.9 cm³/mol. The first-order valence-corrected chi connectivity index (χ1v) is 9.98. The minimum absolute atomic E-state index is 0.0111. The molecule has 0 spiro atoms. The summed E-state index contributed by atoms with van der Waals surface area (Å²) in [5, 5.41) is 0. The maximum Gasteiger partial charge on any atom is 0.240 e. The van der Waals surface area contributed by atoms with Gasteiger partial charge in [-0.3, -0.25) is 4.90 Å². The zero-order valence-corrected chi connectivity index (χ0v) is 15.2. The van der Waals surface area contributed by atoms with Gasteiger partial charge in [0.05, 0.1) is 18.1 Å². The third kappa shape index (κ3) is 4.67. The summed E-state index contributed by atoms with van der Waals surface area (Å²) in [6.45, 7) is 5.32. The number of nitrogens with zero attached hydrogens (tertiary/aromatic N) is 1. The largest absolute Gasteiger partial charge is 0.379 e. The third-order valence-corrected chi connectivity index (χ3v) is 5.91. The van der Waals surface area contributed by atoms with Gasteiger partial charge < -0.3 is 4.74 Å². The normalized spacial score (nSPS) is 17.3. The number of aryl methyl sites for hydroxylation is 1. The van der Waals surface area contributed by atoms with E-state index >= 15 is 0 Å².